The molecule has 1 saturated carbocycles. The van der Waals surface area contributed by atoms with E-state index in [1.54, 1.807) is 5.56 Å². The molecule has 1 nitrogen and oxygen atoms in total. The monoisotopic (exact) mass is 251 g/mol. The van der Waals surface area contributed by atoms with Gasteiger partial charge in [0.05, 0.1) is 0 Å². The SMILES string of the molecule is Cc1cc(CCC(C)CCNC2CC2)c(C)s1. The zero-order valence-electron chi connectivity index (χ0n) is 11.4. The van der Waals surface area contributed by atoms with E-state index in [0.717, 1.165) is 12.0 Å². The minimum Gasteiger partial charge on any atom is -0.314 e. The first-order valence-corrected chi connectivity index (χ1v) is 7.76. The maximum absolute atomic E-state index is 3.60. The Morgan fingerprint density at radius 3 is 2.71 bits per heavy atom. The van der Waals surface area contributed by atoms with Gasteiger partial charge in [-0.05, 0) is 70.0 Å². The van der Waals surface area contributed by atoms with E-state index >= 15 is 0 Å². The zero-order chi connectivity index (χ0) is 12.3. The highest BCUT2D eigenvalue weighted by Gasteiger charge is 2.19. The van der Waals surface area contributed by atoms with E-state index in [-0.39, 0.29) is 0 Å². The summed E-state index contributed by atoms with van der Waals surface area (Å²) < 4.78 is 0. The Labute approximate surface area is 110 Å². The minimum absolute atomic E-state index is 0.848. The molecular formula is C15H25NS. The van der Waals surface area contributed by atoms with Crippen LogP contribution in [-0.4, -0.2) is 12.6 Å². The lowest BCUT2D eigenvalue weighted by Crippen LogP contribution is -2.19. The molecule has 1 heterocycles. The fraction of sp³-hybridized carbons (Fsp3) is 0.733. The molecule has 0 amide bonds. The standard InChI is InChI=1S/C15H25NS/c1-11(8-9-16-15-6-7-15)4-5-14-10-12(2)17-13(14)3/h10-11,15-16H,4-9H2,1-3H3. The minimum atomic E-state index is 0.848. The molecule has 0 spiro atoms. The highest BCUT2D eigenvalue weighted by atomic mass is 32.1. The summed E-state index contributed by atoms with van der Waals surface area (Å²) in [5.41, 5.74) is 1.58. The molecule has 1 atom stereocenters. The maximum atomic E-state index is 3.60. The van der Waals surface area contributed by atoms with Gasteiger partial charge in [0.1, 0.15) is 0 Å². The Morgan fingerprint density at radius 2 is 2.12 bits per heavy atom. The van der Waals surface area contributed by atoms with Gasteiger partial charge in [0.25, 0.3) is 0 Å². The van der Waals surface area contributed by atoms with E-state index < -0.39 is 0 Å². The maximum Gasteiger partial charge on any atom is 0.00682 e. The topological polar surface area (TPSA) is 12.0 Å². The fourth-order valence-corrected chi connectivity index (χ4v) is 3.28. The van der Waals surface area contributed by atoms with Gasteiger partial charge in [0.2, 0.25) is 0 Å². The molecule has 0 aliphatic heterocycles. The van der Waals surface area contributed by atoms with E-state index in [1.165, 1.54) is 48.4 Å². The fourth-order valence-electron chi connectivity index (χ4n) is 2.30. The highest BCUT2D eigenvalue weighted by molar-refractivity contribution is 7.12. The predicted molar refractivity (Wildman–Crippen MR) is 76.9 cm³/mol. The van der Waals surface area contributed by atoms with Crippen LogP contribution in [0.15, 0.2) is 6.07 Å². The molecule has 1 N–H and O–H groups in total. The van der Waals surface area contributed by atoms with Crippen LogP contribution in [0.4, 0.5) is 0 Å². The molecule has 1 aromatic heterocycles. The lowest BCUT2D eigenvalue weighted by molar-refractivity contribution is 0.469. The van der Waals surface area contributed by atoms with Crippen molar-refractivity contribution in [3.63, 3.8) is 0 Å². The quantitative estimate of drug-likeness (QED) is 0.770. The molecule has 1 unspecified atom stereocenters. The predicted octanol–water partition coefficient (Wildman–Crippen LogP) is 4.08. The summed E-state index contributed by atoms with van der Waals surface area (Å²) in [5.74, 6) is 0.848. The van der Waals surface area contributed by atoms with Gasteiger partial charge in [0.15, 0.2) is 0 Å². The summed E-state index contributed by atoms with van der Waals surface area (Å²) in [6, 6.07) is 3.23. The third-order valence-corrected chi connectivity index (χ3v) is 4.71. The third-order valence-electron chi connectivity index (χ3n) is 3.70. The van der Waals surface area contributed by atoms with Crippen molar-refractivity contribution in [2.75, 3.05) is 6.54 Å². The summed E-state index contributed by atoms with van der Waals surface area (Å²) >= 11 is 1.94. The van der Waals surface area contributed by atoms with Gasteiger partial charge in [-0.25, -0.2) is 0 Å². The van der Waals surface area contributed by atoms with Crippen LogP contribution in [0, 0.1) is 19.8 Å². The van der Waals surface area contributed by atoms with Crippen molar-refractivity contribution >= 4 is 11.3 Å². The lowest BCUT2D eigenvalue weighted by atomic mass is 9.98. The molecule has 2 rings (SSSR count). The number of thiophene rings is 1. The van der Waals surface area contributed by atoms with Crippen molar-refractivity contribution in [3.8, 4) is 0 Å². The van der Waals surface area contributed by atoms with Gasteiger partial charge in [-0.15, -0.1) is 11.3 Å². The second kappa shape index (κ2) is 6.01. The number of aryl methyl sites for hydroxylation is 3. The van der Waals surface area contributed by atoms with Gasteiger partial charge in [0, 0.05) is 15.8 Å². The molecule has 1 aliphatic rings. The van der Waals surface area contributed by atoms with Crippen molar-refractivity contribution in [2.24, 2.45) is 5.92 Å². The van der Waals surface area contributed by atoms with E-state index in [4.69, 9.17) is 0 Å². The lowest BCUT2D eigenvalue weighted by Gasteiger charge is -2.11. The zero-order valence-corrected chi connectivity index (χ0v) is 12.2. The Bertz CT molecular complexity index is 352. The smallest absolute Gasteiger partial charge is 0.00682 e. The molecule has 1 aliphatic carbocycles. The molecular weight excluding hydrogens is 226 g/mol. The van der Waals surface area contributed by atoms with Crippen molar-refractivity contribution < 1.29 is 0 Å². The van der Waals surface area contributed by atoms with Gasteiger partial charge in [-0.2, -0.15) is 0 Å². The van der Waals surface area contributed by atoms with Gasteiger partial charge >= 0.3 is 0 Å². The van der Waals surface area contributed by atoms with Crippen LogP contribution in [0.25, 0.3) is 0 Å². The average molecular weight is 251 g/mol. The molecule has 0 aromatic carbocycles. The van der Waals surface area contributed by atoms with Crippen LogP contribution >= 0.6 is 11.3 Å². The van der Waals surface area contributed by atoms with E-state index in [0.29, 0.717) is 0 Å². The normalized spacial score (nSPS) is 17.4. The van der Waals surface area contributed by atoms with Crippen LogP contribution in [0.2, 0.25) is 0 Å². The van der Waals surface area contributed by atoms with Crippen molar-refractivity contribution in [1.29, 1.82) is 0 Å². The van der Waals surface area contributed by atoms with Crippen LogP contribution in [0.1, 0.15) is 47.9 Å². The van der Waals surface area contributed by atoms with E-state index in [9.17, 15) is 0 Å². The number of hydrogen-bond donors (Lipinski definition) is 1. The highest BCUT2D eigenvalue weighted by Crippen LogP contribution is 2.24. The second-order valence-corrected chi connectivity index (χ2v) is 7.06. The first kappa shape index (κ1) is 13.1. The third kappa shape index (κ3) is 4.44. The Kier molecular flexibility index (Phi) is 4.63. The summed E-state index contributed by atoms with van der Waals surface area (Å²) in [7, 11) is 0. The molecule has 0 bridgehead atoms. The molecule has 2 heteroatoms. The van der Waals surface area contributed by atoms with Crippen molar-refractivity contribution in [1.82, 2.24) is 5.32 Å². The van der Waals surface area contributed by atoms with Crippen LogP contribution in [0.3, 0.4) is 0 Å². The second-order valence-electron chi connectivity index (χ2n) is 5.60. The van der Waals surface area contributed by atoms with Gasteiger partial charge in [-0.3, -0.25) is 0 Å². The molecule has 1 fully saturated rings. The number of rotatable bonds is 7. The van der Waals surface area contributed by atoms with Crippen LogP contribution < -0.4 is 5.32 Å². The van der Waals surface area contributed by atoms with Crippen LogP contribution in [0.5, 0.6) is 0 Å². The molecule has 0 saturated heterocycles. The van der Waals surface area contributed by atoms with E-state index in [1.807, 2.05) is 11.3 Å². The van der Waals surface area contributed by atoms with Crippen LogP contribution in [-0.2, 0) is 6.42 Å². The molecule has 1 aromatic rings. The summed E-state index contributed by atoms with van der Waals surface area (Å²) in [6.07, 6.45) is 6.74. The number of hydrogen-bond acceptors (Lipinski definition) is 2. The molecule has 96 valence electrons. The van der Waals surface area contributed by atoms with E-state index in [2.05, 4.69) is 32.2 Å². The Hall–Kier alpha value is -0.340. The van der Waals surface area contributed by atoms with Gasteiger partial charge in [-0.1, -0.05) is 6.92 Å². The first-order valence-electron chi connectivity index (χ1n) is 6.94. The van der Waals surface area contributed by atoms with Crippen molar-refractivity contribution in [2.45, 2.75) is 58.9 Å². The summed E-state index contributed by atoms with van der Waals surface area (Å²) in [6.45, 7) is 8.08. The largest absolute Gasteiger partial charge is 0.314 e. The van der Waals surface area contributed by atoms with Crippen molar-refractivity contribution in [3.05, 3.63) is 21.4 Å². The average Bonchev–Trinajstić information content (AvgIpc) is 3.02. The Morgan fingerprint density at radius 1 is 1.35 bits per heavy atom. The van der Waals surface area contributed by atoms with Gasteiger partial charge < -0.3 is 5.32 Å². The summed E-state index contributed by atoms with van der Waals surface area (Å²) in [5, 5.41) is 3.60. The summed E-state index contributed by atoms with van der Waals surface area (Å²) in [4.78, 5) is 2.98. The Balaban J connectivity index is 1.64. The first-order chi connectivity index (χ1) is 8.15. The molecule has 17 heavy (non-hydrogen) atoms. The number of nitrogens with one attached hydrogen (secondary N) is 1. The molecule has 0 radical (unpaired) electrons.